The predicted molar refractivity (Wildman–Crippen MR) is 45.0 cm³/mol. The summed E-state index contributed by atoms with van der Waals surface area (Å²) in [4.78, 5) is 20.6. The van der Waals surface area contributed by atoms with Gasteiger partial charge in [0.1, 0.15) is 5.78 Å². The van der Waals surface area contributed by atoms with Gasteiger partial charge in [0.05, 0.1) is 0 Å². The van der Waals surface area contributed by atoms with Crippen LogP contribution in [-0.2, 0) is 9.59 Å². The molecule has 0 rings (SSSR count). The van der Waals surface area contributed by atoms with Gasteiger partial charge in [-0.1, -0.05) is 0 Å². The Morgan fingerprint density at radius 3 is 2.18 bits per heavy atom. The fourth-order valence-electron chi connectivity index (χ4n) is 0.677. The van der Waals surface area contributed by atoms with E-state index in [2.05, 4.69) is 12.6 Å². The second-order valence-electron chi connectivity index (χ2n) is 2.30. The lowest BCUT2D eigenvalue weighted by molar-refractivity contribution is -0.137. The van der Waals surface area contributed by atoms with Crippen molar-refractivity contribution in [3.05, 3.63) is 0 Å². The van der Waals surface area contributed by atoms with Crippen LogP contribution in [-0.4, -0.2) is 22.6 Å². The number of aliphatic carboxylic acids is 1. The van der Waals surface area contributed by atoms with Gasteiger partial charge in [0.2, 0.25) is 0 Å². The molecule has 0 saturated carbocycles. The summed E-state index contributed by atoms with van der Waals surface area (Å²) in [7, 11) is 0. The Kier molecular flexibility index (Phi) is 5.93. The van der Waals surface area contributed by atoms with E-state index in [0.29, 0.717) is 19.3 Å². The minimum atomic E-state index is -0.802. The van der Waals surface area contributed by atoms with Crippen molar-refractivity contribution in [2.75, 3.05) is 5.75 Å². The van der Waals surface area contributed by atoms with E-state index in [1.807, 2.05) is 0 Å². The van der Waals surface area contributed by atoms with Crippen molar-refractivity contribution in [1.29, 1.82) is 0 Å². The molecule has 3 nitrogen and oxygen atoms in total. The third-order valence-electron chi connectivity index (χ3n) is 1.27. The first kappa shape index (κ1) is 10.5. The highest BCUT2D eigenvalue weighted by Gasteiger charge is 2.00. The Bertz CT molecular complexity index is 145. The summed E-state index contributed by atoms with van der Waals surface area (Å²) in [5.74, 6) is -0.463. The van der Waals surface area contributed by atoms with Crippen LogP contribution in [0.5, 0.6) is 0 Å². The highest BCUT2D eigenvalue weighted by Crippen LogP contribution is 2.00. The van der Waals surface area contributed by atoms with E-state index >= 15 is 0 Å². The van der Waals surface area contributed by atoms with Crippen LogP contribution in [0.2, 0.25) is 0 Å². The number of unbranched alkanes of at least 4 members (excludes halogenated alkanes) is 1. The van der Waals surface area contributed by atoms with Crippen molar-refractivity contribution in [1.82, 2.24) is 0 Å². The molecule has 0 aliphatic carbocycles. The average molecular weight is 176 g/mol. The third-order valence-corrected chi connectivity index (χ3v) is 1.63. The molecule has 0 unspecified atom stereocenters. The van der Waals surface area contributed by atoms with Crippen molar-refractivity contribution >= 4 is 24.4 Å². The molecule has 0 aliphatic heterocycles. The lowest BCUT2D eigenvalue weighted by atomic mass is 10.1. The number of hydrogen-bond acceptors (Lipinski definition) is 3. The number of carboxylic acid groups (broad SMARTS) is 1. The smallest absolute Gasteiger partial charge is 0.303 e. The van der Waals surface area contributed by atoms with Gasteiger partial charge in [-0.25, -0.2) is 0 Å². The Balaban J connectivity index is 3.14. The van der Waals surface area contributed by atoms with Crippen molar-refractivity contribution in [2.45, 2.75) is 25.7 Å². The largest absolute Gasteiger partial charge is 0.481 e. The Hall–Kier alpha value is -0.510. The molecular weight excluding hydrogens is 164 g/mol. The minimum absolute atomic E-state index is 0.0822. The monoisotopic (exact) mass is 176 g/mol. The first-order valence-electron chi connectivity index (χ1n) is 3.51. The maximum atomic E-state index is 10.6. The van der Waals surface area contributed by atoms with Crippen LogP contribution in [0.1, 0.15) is 25.7 Å². The summed E-state index contributed by atoms with van der Waals surface area (Å²) >= 11 is 3.79. The molecule has 0 radical (unpaired) electrons. The predicted octanol–water partition coefficient (Wildman–Crippen LogP) is 1.13. The molecule has 11 heavy (non-hydrogen) atoms. The molecule has 0 aromatic carbocycles. The molecule has 1 N–H and O–H groups in total. The molecule has 0 amide bonds. The van der Waals surface area contributed by atoms with E-state index in [0.717, 1.165) is 0 Å². The SMILES string of the molecule is O=C(O)CCCCC(=O)CS. The van der Waals surface area contributed by atoms with Gasteiger partial charge >= 0.3 is 5.97 Å². The Morgan fingerprint density at radius 2 is 1.73 bits per heavy atom. The van der Waals surface area contributed by atoms with Gasteiger partial charge < -0.3 is 5.11 Å². The molecular formula is C7H12O3S. The molecule has 0 fully saturated rings. The lowest BCUT2D eigenvalue weighted by Gasteiger charge is -1.95. The van der Waals surface area contributed by atoms with Crippen molar-refractivity contribution < 1.29 is 14.7 Å². The van der Waals surface area contributed by atoms with Crippen molar-refractivity contribution in [3.63, 3.8) is 0 Å². The molecule has 0 bridgehead atoms. The maximum absolute atomic E-state index is 10.6. The van der Waals surface area contributed by atoms with E-state index < -0.39 is 5.97 Å². The first-order valence-corrected chi connectivity index (χ1v) is 4.14. The van der Waals surface area contributed by atoms with E-state index in [4.69, 9.17) is 5.11 Å². The molecule has 64 valence electrons. The standard InChI is InChI=1S/C7H12O3S/c8-6(5-11)3-1-2-4-7(9)10/h11H,1-5H2,(H,9,10). The highest BCUT2D eigenvalue weighted by molar-refractivity contribution is 7.81. The topological polar surface area (TPSA) is 54.4 Å². The Labute approximate surface area is 71.2 Å². The third kappa shape index (κ3) is 7.39. The second-order valence-corrected chi connectivity index (χ2v) is 2.61. The van der Waals surface area contributed by atoms with E-state index in [1.54, 1.807) is 0 Å². The summed E-state index contributed by atoms with van der Waals surface area (Å²) in [6.45, 7) is 0. The molecule has 0 spiro atoms. The number of hydrogen-bond donors (Lipinski definition) is 2. The van der Waals surface area contributed by atoms with E-state index in [1.165, 1.54) is 0 Å². The van der Waals surface area contributed by atoms with Crippen LogP contribution in [0.4, 0.5) is 0 Å². The molecule has 4 heteroatoms. The zero-order valence-corrected chi connectivity index (χ0v) is 7.14. The second kappa shape index (κ2) is 6.22. The van der Waals surface area contributed by atoms with Crippen LogP contribution < -0.4 is 0 Å². The van der Waals surface area contributed by atoms with Gasteiger partial charge in [-0.3, -0.25) is 9.59 Å². The van der Waals surface area contributed by atoms with Gasteiger partial charge in [-0.2, -0.15) is 12.6 Å². The molecule has 0 atom stereocenters. The highest BCUT2D eigenvalue weighted by atomic mass is 32.1. The van der Waals surface area contributed by atoms with Gasteiger partial charge in [0.25, 0.3) is 0 Å². The molecule has 0 aromatic heterocycles. The van der Waals surface area contributed by atoms with Crippen LogP contribution in [0.15, 0.2) is 0 Å². The fraction of sp³-hybridized carbons (Fsp3) is 0.714. The summed E-state index contributed by atoms with van der Waals surface area (Å²) in [6.07, 6.45) is 1.84. The van der Waals surface area contributed by atoms with Crippen LogP contribution in [0, 0.1) is 0 Å². The van der Waals surface area contributed by atoms with Gasteiger partial charge in [0, 0.05) is 18.6 Å². The lowest BCUT2D eigenvalue weighted by Crippen LogP contribution is -2.00. The zero-order chi connectivity index (χ0) is 8.69. The molecule has 0 aliphatic rings. The van der Waals surface area contributed by atoms with Crippen molar-refractivity contribution in [2.24, 2.45) is 0 Å². The van der Waals surface area contributed by atoms with E-state index in [-0.39, 0.29) is 18.0 Å². The van der Waals surface area contributed by atoms with Gasteiger partial charge in [-0.05, 0) is 12.8 Å². The minimum Gasteiger partial charge on any atom is -0.481 e. The number of ketones is 1. The zero-order valence-electron chi connectivity index (χ0n) is 6.25. The van der Waals surface area contributed by atoms with Crippen molar-refractivity contribution in [3.8, 4) is 0 Å². The van der Waals surface area contributed by atoms with E-state index in [9.17, 15) is 9.59 Å². The normalized spacial score (nSPS) is 9.55. The number of carbonyl (C=O) groups excluding carboxylic acids is 1. The maximum Gasteiger partial charge on any atom is 0.303 e. The number of carboxylic acids is 1. The fourth-order valence-corrected chi connectivity index (χ4v) is 0.836. The van der Waals surface area contributed by atoms with Gasteiger partial charge in [0.15, 0.2) is 0 Å². The van der Waals surface area contributed by atoms with Crippen LogP contribution in [0.3, 0.4) is 0 Å². The number of thiol groups is 1. The quantitative estimate of drug-likeness (QED) is 0.471. The summed E-state index contributed by atoms with van der Waals surface area (Å²) < 4.78 is 0. The molecule has 0 saturated heterocycles. The summed E-state index contributed by atoms with van der Waals surface area (Å²) in [5, 5.41) is 8.24. The van der Waals surface area contributed by atoms with Crippen LogP contribution in [0.25, 0.3) is 0 Å². The van der Waals surface area contributed by atoms with Crippen LogP contribution >= 0.6 is 12.6 Å². The molecule has 0 heterocycles. The number of carbonyl (C=O) groups is 2. The molecule has 0 aromatic rings. The summed E-state index contributed by atoms with van der Waals surface area (Å²) in [5.41, 5.74) is 0. The number of rotatable bonds is 6. The van der Waals surface area contributed by atoms with Gasteiger partial charge in [-0.15, -0.1) is 0 Å². The average Bonchev–Trinajstić information content (AvgIpc) is 1.97. The number of Topliss-reactive ketones (excluding diaryl/α,β-unsaturated/α-hetero) is 1. The Morgan fingerprint density at radius 1 is 1.18 bits per heavy atom. The first-order chi connectivity index (χ1) is 5.16. The summed E-state index contributed by atoms with van der Waals surface area (Å²) in [6, 6.07) is 0.